The fourth-order valence-corrected chi connectivity index (χ4v) is 1.30. The summed E-state index contributed by atoms with van der Waals surface area (Å²) in [4.78, 5) is 2.14. The minimum atomic E-state index is 0. The van der Waals surface area contributed by atoms with E-state index in [1.807, 2.05) is 12.1 Å². The highest BCUT2D eigenvalue weighted by Gasteiger charge is 2.07. The van der Waals surface area contributed by atoms with E-state index >= 15 is 0 Å². The van der Waals surface area contributed by atoms with E-state index in [2.05, 4.69) is 49.8 Å². The van der Waals surface area contributed by atoms with Gasteiger partial charge in [0.15, 0.2) is 0 Å². The van der Waals surface area contributed by atoms with Crippen LogP contribution in [0.2, 0.25) is 0 Å². The van der Waals surface area contributed by atoms with Crippen LogP contribution in [-0.4, -0.2) is 19.0 Å². The molecule has 0 bridgehead atoms. The summed E-state index contributed by atoms with van der Waals surface area (Å²) < 4.78 is 0. The minimum absolute atomic E-state index is 0. The van der Waals surface area contributed by atoms with Crippen LogP contribution < -0.4 is 0 Å². The Hall–Kier alpha value is -0.790. The molecule has 0 saturated heterocycles. The summed E-state index contributed by atoms with van der Waals surface area (Å²) >= 11 is 0. The van der Waals surface area contributed by atoms with Gasteiger partial charge >= 0.3 is 0 Å². The third kappa shape index (κ3) is 3.21. The number of halogens is 1. The van der Waals surface area contributed by atoms with E-state index in [1.165, 1.54) is 5.56 Å². The van der Waals surface area contributed by atoms with E-state index in [4.69, 9.17) is 0 Å². The molecular weight excluding hydrogens is 182 g/mol. The molecule has 0 heterocycles. The molecule has 0 spiro atoms. The first kappa shape index (κ1) is 12.2. The average Bonchev–Trinajstić information content (AvgIpc) is 2.07. The number of nitrogens with zero attached hydrogens (tertiary/aromatic N) is 1. The molecule has 1 atom stereocenters. The van der Waals surface area contributed by atoms with Crippen molar-refractivity contribution < 1.29 is 0 Å². The van der Waals surface area contributed by atoms with Crippen LogP contribution in [0.5, 0.6) is 0 Å². The van der Waals surface area contributed by atoms with E-state index in [1.54, 1.807) is 0 Å². The van der Waals surface area contributed by atoms with Crippen molar-refractivity contribution in [1.29, 1.82) is 0 Å². The summed E-state index contributed by atoms with van der Waals surface area (Å²) in [5, 5.41) is 0. The zero-order valence-corrected chi connectivity index (χ0v) is 8.92. The summed E-state index contributed by atoms with van der Waals surface area (Å²) in [5.41, 5.74) is 1.29. The zero-order chi connectivity index (χ0) is 8.97. The molecule has 0 aromatic heterocycles. The first-order valence-corrected chi connectivity index (χ1v) is 4.09. The van der Waals surface area contributed by atoms with Crippen molar-refractivity contribution in [3.63, 3.8) is 0 Å². The van der Waals surface area contributed by atoms with Crippen LogP contribution in [0.15, 0.2) is 43.0 Å². The summed E-state index contributed by atoms with van der Waals surface area (Å²) in [6.45, 7) is 3.82. The second kappa shape index (κ2) is 5.79. The summed E-state index contributed by atoms with van der Waals surface area (Å²) in [5.74, 6) is 0. The lowest BCUT2D eigenvalue weighted by Gasteiger charge is -2.20. The standard InChI is InChI=1S/C11H15N.ClH/c1-4-11(12(2)3)10-8-6-5-7-9-10;/h4-9,11H,1H2,2-3H3;1H. The number of likely N-dealkylation sites (N-methyl/N-ethyl adjacent to an activating group) is 1. The Morgan fingerprint density at radius 3 is 2.15 bits per heavy atom. The third-order valence-electron chi connectivity index (χ3n) is 1.92. The van der Waals surface area contributed by atoms with Gasteiger partial charge in [-0.05, 0) is 19.7 Å². The molecule has 2 heteroatoms. The van der Waals surface area contributed by atoms with E-state index in [0.29, 0.717) is 6.04 Å². The molecule has 0 radical (unpaired) electrons. The Kier molecular flexibility index (Phi) is 5.44. The van der Waals surface area contributed by atoms with Crippen molar-refractivity contribution in [2.45, 2.75) is 6.04 Å². The molecule has 1 nitrogen and oxygen atoms in total. The largest absolute Gasteiger partial charge is 0.299 e. The highest BCUT2D eigenvalue weighted by Crippen LogP contribution is 2.17. The minimum Gasteiger partial charge on any atom is -0.299 e. The van der Waals surface area contributed by atoms with Gasteiger partial charge in [-0.1, -0.05) is 36.4 Å². The van der Waals surface area contributed by atoms with Crippen molar-refractivity contribution in [3.8, 4) is 0 Å². The number of benzene rings is 1. The SMILES string of the molecule is C=CC(c1ccccc1)N(C)C.Cl. The van der Waals surface area contributed by atoms with E-state index in [0.717, 1.165) is 0 Å². The lowest BCUT2D eigenvalue weighted by Crippen LogP contribution is -2.17. The van der Waals surface area contributed by atoms with E-state index < -0.39 is 0 Å². The summed E-state index contributed by atoms with van der Waals surface area (Å²) in [6.07, 6.45) is 1.95. The first-order chi connectivity index (χ1) is 5.75. The molecule has 0 aliphatic heterocycles. The van der Waals surface area contributed by atoms with Gasteiger partial charge in [-0.2, -0.15) is 0 Å². The van der Waals surface area contributed by atoms with Gasteiger partial charge in [0.2, 0.25) is 0 Å². The molecule has 13 heavy (non-hydrogen) atoms. The van der Waals surface area contributed by atoms with Gasteiger partial charge in [0.1, 0.15) is 0 Å². The molecule has 1 unspecified atom stereocenters. The van der Waals surface area contributed by atoms with Crippen LogP contribution in [0.3, 0.4) is 0 Å². The maximum Gasteiger partial charge on any atom is 0.0523 e. The fraction of sp³-hybridized carbons (Fsp3) is 0.273. The predicted octanol–water partition coefficient (Wildman–Crippen LogP) is 2.90. The van der Waals surface area contributed by atoms with Crippen LogP contribution in [0.4, 0.5) is 0 Å². The zero-order valence-electron chi connectivity index (χ0n) is 8.10. The predicted molar refractivity (Wildman–Crippen MR) is 60.3 cm³/mol. The fourth-order valence-electron chi connectivity index (χ4n) is 1.30. The van der Waals surface area contributed by atoms with Crippen LogP contribution >= 0.6 is 12.4 Å². The Morgan fingerprint density at radius 2 is 1.77 bits per heavy atom. The molecular formula is C11H16ClN. The smallest absolute Gasteiger partial charge is 0.0523 e. The number of hydrogen-bond acceptors (Lipinski definition) is 1. The molecule has 1 rings (SSSR count). The van der Waals surface area contributed by atoms with E-state index in [-0.39, 0.29) is 12.4 Å². The second-order valence-electron chi connectivity index (χ2n) is 3.05. The maximum atomic E-state index is 3.82. The van der Waals surface area contributed by atoms with Gasteiger partial charge in [0.25, 0.3) is 0 Å². The Bertz CT molecular complexity index is 244. The van der Waals surface area contributed by atoms with Gasteiger partial charge in [0, 0.05) is 0 Å². The molecule has 0 N–H and O–H groups in total. The normalized spacial score (nSPS) is 11.9. The van der Waals surface area contributed by atoms with Crippen molar-refractivity contribution in [2.75, 3.05) is 14.1 Å². The monoisotopic (exact) mass is 197 g/mol. The lowest BCUT2D eigenvalue weighted by molar-refractivity contribution is 0.351. The van der Waals surface area contributed by atoms with Crippen LogP contribution in [-0.2, 0) is 0 Å². The van der Waals surface area contributed by atoms with Gasteiger partial charge in [-0.25, -0.2) is 0 Å². The number of rotatable bonds is 3. The van der Waals surface area contributed by atoms with Gasteiger partial charge in [-0.15, -0.1) is 19.0 Å². The average molecular weight is 198 g/mol. The van der Waals surface area contributed by atoms with Crippen molar-refractivity contribution >= 4 is 12.4 Å². The van der Waals surface area contributed by atoms with Crippen LogP contribution in [0.25, 0.3) is 0 Å². The highest BCUT2D eigenvalue weighted by molar-refractivity contribution is 5.85. The second-order valence-corrected chi connectivity index (χ2v) is 3.05. The number of hydrogen-bond donors (Lipinski definition) is 0. The Balaban J connectivity index is 0.00000144. The lowest BCUT2D eigenvalue weighted by atomic mass is 10.1. The highest BCUT2D eigenvalue weighted by atomic mass is 35.5. The van der Waals surface area contributed by atoms with Crippen molar-refractivity contribution in [2.24, 2.45) is 0 Å². The molecule has 1 aromatic rings. The van der Waals surface area contributed by atoms with Crippen molar-refractivity contribution in [1.82, 2.24) is 4.90 Å². The molecule has 1 aromatic carbocycles. The van der Waals surface area contributed by atoms with Gasteiger partial charge in [-0.3, -0.25) is 4.90 Å². The first-order valence-electron chi connectivity index (χ1n) is 4.09. The van der Waals surface area contributed by atoms with Crippen LogP contribution in [0.1, 0.15) is 11.6 Å². The van der Waals surface area contributed by atoms with Gasteiger partial charge < -0.3 is 0 Å². The topological polar surface area (TPSA) is 3.24 Å². The molecule has 72 valence electrons. The van der Waals surface area contributed by atoms with Gasteiger partial charge in [0.05, 0.1) is 6.04 Å². The quantitative estimate of drug-likeness (QED) is 0.674. The molecule has 0 saturated carbocycles. The summed E-state index contributed by atoms with van der Waals surface area (Å²) in [7, 11) is 4.11. The molecule has 0 amide bonds. The third-order valence-corrected chi connectivity index (χ3v) is 1.92. The van der Waals surface area contributed by atoms with E-state index in [9.17, 15) is 0 Å². The Labute approximate surface area is 86.5 Å². The Morgan fingerprint density at radius 1 is 1.23 bits per heavy atom. The molecule has 0 aliphatic rings. The maximum absolute atomic E-state index is 3.82. The molecule has 0 fully saturated rings. The summed E-state index contributed by atoms with van der Waals surface area (Å²) in [6, 6.07) is 10.7. The molecule has 0 aliphatic carbocycles. The van der Waals surface area contributed by atoms with Crippen molar-refractivity contribution in [3.05, 3.63) is 48.6 Å². The van der Waals surface area contributed by atoms with Crippen LogP contribution in [0, 0.1) is 0 Å².